The fourth-order valence-corrected chi connectivity index (χ4v) is 1.41. The van der Waals surface area contributed by atoms with E-state index < -0.39 is 0 Å². The second kappa shape index (κ2) is 4.71. The van der Waals surface area contributed by atoms with Crippen molar-refractivity contribution in [2.45, 2.75) is 0 Å². The molecule has 0 atom stereocenters. The molecule has 7 heteroatoms. The highest BCUT2D eigenvalue weighted by Gasteiger charge is 2.12. The van der Waals surface area contributed by atoms with Gasteiger partial charge in [0.25, 0.3) is 5.91 Å². The SMILES string of the molecule is NC(=S)c1cn[nH]c1NC(=O)c1cccnc1. The lowest BCUT2D eigenvalue weighted by Crippen LogP contribution is -2.17. The van der Waals surface area contributed by atoms with Gasteiger partial charge in [-0.15, -0.1) is 0 Å². The molecule has 0 aromatic carbocycles. The average molecular weight is 247 g/mol. The Morgan fingerprint density at radius 2 is 2.29 bits per heavy atom. The molecule has 2 aromatic heterocycles. The third-order valence-corrected chi connectivity index (χ3v) is 2.29. The van der Waals surface area contributed by atoms with Gasteiger partial charge >= 0.3 is 0 Å². The molecule has 4 N–H and O–H groups in total. The smallest absolute Gasteiger partial charge is 0.258 e. The third kappa shape index (κ3) is 2.45. The molecule has 0 saturated carbocycles. The summed E-state index contributed by atoms with van der Waals surface area (Å²) in [4.78, 5) is 15.8. The first-order valence-corrected chi connectivity index (χ1v) is 5.14. The van der Waals surface area contributed by atoms with Crippen LogP contribution in [0.5, 0.6) is 0 Å². The van der Waals surface area contributed by atoms with Gasteiger partial charge in [0.2, 0.25) is 0 Å². The molecule has 1 amide bonds. The van der Waals surface area contributed by atoms with Crippen LogP contribution < -0.4 is 11.1 Å². The van der Waals surface area contributed by atoms with Gasteiger partial charge in [-0.1, -0.05) is 12.2 Å². The largest absolute Gasteiger partial charge is 0.389 e. The van der Waals surface area contributed by atoms with Gasteiger partial charge in [0.05, 0.1) is 17.3 Å². The molecule has 17 heavy (non-hydrogen) atoms. The van der Waals surface area contributed by atoms with Crippen molar-refractivity contribution >= 4 is 28.9 Å². The Hall–Kier alpha value is -2.28. The number of carbonyl (C=O) groups excluding carboxylic acids is 1. The molecule has 2 aromatic rings. The number of H-pyrrole nitrogens is 1. The standard InChI is InChI=1S/C10H9N5OS/c11-8(17)7-5-13-15-9(7)14-10(16)6-2-1-3-12-4-6/h1-5H,(H2,11,17)(H2,13,14,15,16). The molecule has 2 heterocycles. The highest BCUT2D eigenvalue weighted by Crippen LogP contribution is 2.11. The van der Waals surface area contributed by atoms with Gasteiger partial charge in [-0.2, -0.15) is 5.10 Å². The van der Waals surface area contributed by atoms with Gasteiger partial charge in [0, 0.05) is 12.4 Å². The molecule has 2 rings (SSSR count). The molecule has 0 unspecified atom stereocenters. The van der Waals surface area contributed by atoms with E-state index in [2.05, 4.69) is 20.5 Å². The quantitative estimate of drug-likeness (QED) is 0.693. The second-order valence-corrected chi connectivity index (χ2v) is 3.66. The number of thiocarbonyl (C=S) groups is 1. The zero-order valence-corrected chi connectivity index (χ0v) is 9.49. The molecule has 6 nitrogen and oxygen atoms in total. The highest BCUT2D eigenvalue weighted by molar-refractivity contribution is 7.80. The van der Waals surface area contributed by atoms with E-state index in [0.29, 0.717) is 16.9 Å². The van der Waals surface area contributed by atoms with Crippen molar-refractivity contribution in [3.05, 3.63) is 41.9 Å². The van der Waals surface area contributed by atoms with Crippen molar-refractivity contribution in [1.29, 1.82) is 0 Å². The summed E-state index contributed by atoms with van der Waals surface area (Å²) in [6.07, 6.45) is 4.51. The topological polar surface area (TPSA) is 96.7 Å². The molecule has 0 bridgehead atoms. The minimum atomic E-state index is -0.306. The van der Waals surface area contributed by atoms with E-state index in [4.69, 9.17) is 18.0 Å². The minimum Gasteiger partial charge on any atom is -0.389 e. The maximum Gasteiger partial charge on any atom is 0.258 e. The van der Waals surface area contributed by atoms with Crippen LogP contribution in [0, 0.1) is 0 Å². The van der Waals surface area contributed by atoms with E-state index in [-0.39, 0.29) is 10.9 Å². The van der Waals surface area contributed by atoms with Gasteiger partial charge in [-0.05, 0) is 12.1 Å². The summed E-state index contributed by atoms with van der Waals surface area (Å²) < 4.78 is 0. The number of aromatic nitrogens is 3. The molecular weight excluding hydrogens is 238 g/mol. The molecule has 0 aliphatic carbocycles. The molecular formula is C10H9N5OS. The summed E-state index contributed by atoms with van der Waals surface area (Å²) in [6.45, 7) is 0. The minimum absolute atomic E-state index is 0.167. The number of hydrogen-bond donors (Lipinski definition) is 3. The van der Waals surface area contributed by atoms with Crippen LogP contribution in [-0.4, -0.2) is 26.1 Å². The Morgan fingerprint density at radius 1 is 1.47 bits per heavy atom. The number of hydrogen-bond acceptors (Lipinski definition) is 4. The van der Waals surface area contributed by atoms with Crippen LogP contribution >= 0.6 is 12.2 Å². The monoisotopic (exact) mass is 247 g/mol. The van der Waals surface area contributed by atoms with Gasteiger partial charge in [-0.3, -0.25) is 14.9 Å². The third-order valence-electron chi connectivity index (χ3n) is 2.07. The molecule has 0 fully saturated rings. The summed E-state index contributed by atoms with van der Waals surface area (Å²) in [6, 6.07) is 3.33. The van der Waals surface area contributed by atoms with Crippen molar-refractivity contribution in [1.82, 2.24) is 15.2 Å². The number of anilines is 1. The van der Waals surface area contributed by atoms with Crippen LogP contribution in [0.4, 0.5) is 5.82 Å². The Morgan fingerprint density at radius 3 is 2.94 bits per heavy atom. The number of nitrogens with two attached hydrogens (primary N) is 1. The zero-order chi connectivity index (χ0) is 12.3. The van der Waals surface area contributed by atoms with Crippen LogP contribution in [0.2, 0.25) is 0 Å². The molecule has 0 saturated heterocycles. The number of nitrogens with zero attached hydrogens (tertiary/aromatic N) is 2. The number of carbonyl (C=O) groups is 1. The van der Waals surface area contributed by atoms with Crippen molar-refractivity contribution in [3.8, 4) is 0 Å². The van der Waals surface area contributed by atoms with E-state index in [9.17, 15) is 4.79 Å². The van der Waals surface area contributed by atoms with Gasteiger partial charge in [-0.25, -0.2) is 0 Å². The Bertz CT molecular complexity index is 551. The predicted octanol–water partition coefficient (Wildman–Crippen LogP) is 0.691. The number of nitrogens with one attached hydrogen (secondary N) is 2. The molecule has 0 aliphatic rings. The number of pyridine rings is 1. The van der Waals surface area contributed by atoms with Crippen molar-refractivity contribution in [3.63, 3.8) is 0 Å². The maximum atomic E-state index is 11.8. The van der Waals surface area contributed by atoms with Gasteiger partial charge in [0.1, 0.15) is 10.8 Å². The summed E-state index contributed by atoms with van der Waals surface area (Å²) in [7, 11) is 0. The Kier molecular flexibility index (Phi) is 3.10. The van der Waals surface area contributed by atoms with Crippen LogP contribution in [0.3, 0.4) is 0 Å². The fraction of sp³-hybridized carbons (Fsp3) is 0. The van der Waals surface area contributed by atoms with Crippen LogP contribution in [0.1, 0.15) is 15.9 Å². The first-order chi connectivity index (χ1) is 8.18. The van der Waals surface area contributed by atoms with Crippen LogP contribution in [0.25, 0.3) is 0 Å². The van der Waals surface area contributed by atoms with Crippen molar-refractivity contribution in [2.75, 3.05) is 5.32 Å². The lowest BCUT2D eigenvalue weighted by molar-refractivity contribution is 0.102. The average Bonchev–Trinajstić information content (AvgIpc) is 2.78. The van der Waals surface area contributed by atoms with E-state index in [0.717, 1.165) is 0 Å². The highest BCUT2D eigenvalue weighted by atomic mass is 32.1. The zero-order valence-electron chi connectivity index (χ0n) is 8.68. The van der Waals surface area contributed by atoms with Crippen LogP contribution in [-0.2, 0) is 0 Å². The molecule has 0 spiro atoms. The Balaban J connectivity index is 2.19. The fourth-order valence-electron chi connectivity index (χ4n) is 1.25. The second-order valence-electron chi connectivity index (χ2n) is 3.22. The van der Waals surface area contributed by atoms with Crippen molar-refractivity contribution in [2.24, 2.45) is 5.73 Å². The number of aromatic amines is 1. The first-order valence-electron chi connectivity index (χ1n) is 4.73. The Labute approximate surface area is 102 Å². The van der Waals surface area contributed by atoms with Crippen molar-refractivity contribution < 1.29 is 4.79 Å². The lowest BCUT2D eigenvalue weighted by atomic mass is 10.2. The lowest BCUT2D eigenvalue weighted by Gasteiger charge is -2.04. The van der Waals surface area contributed by atoms with E-state index in [1.165, 1.54) is 12.4 Å². The normalized spacial score (nSPS) is 9.88. The van der Waals surface area contributed by atoms with E-state index in [1.807, 2.05) is 0 Å². The molecule has 0 aliphatic heterocycles. The maximum absolute atomic E-state index is 11.8. The van der Waals surface area contributed by atoms with E-state index >= 15 is 0 Å². The molecule has 86 valence electrons. The summed E-state index contributed by atoms with van der Waals surface area (Å²) in [5.41, 5.74) is 6.42. The number of amides is 1. The van der Waals surface area contributed by atoms with Gasteiger partial charge < -0.3 is 11.1 Å². The van der Waals surface area contributed by atoms with Crippen LogP contribution in [0.15, 0.2) is 30.7 Å². The predicted molar refractivity (Wildman–Crippen MR) is 66.7 cm³/mol. The molecule has 0 radical (unpaired) electrons. The number of rotatable bonds is 3. The van der Waals surface area contributed by atoms with Gasteiger partial charge in [0.15, 0.2) is 0 Å². The summed E-state index contributed by atoms with van der Waals surface area (Å²) in [5, 5.41) is 9.01. The first kappa shape index (κ1) is 11.2. The van der Waals surface area contributed by atoms with E-state index in [1.54, 1.807) is 18.3 Å². The summed E-state index contributed by atoms with van der Waals surface area (Å²) >= 11 is 4.83. The summed E-state index contributed by atoms with van der Waals surface area (Å²) in [5.74, 6) is 0.0752.